The van der Waals surface area contributed by atoms with Crippen molar-refractivity contribution >= 4 is 17.3 Å². The lowest BCUT2D eigenvalue weighted by Gasteiger charge is -2.10. The van der Waals surface area contributed by atoms with Crippen LogP contribution in [0.3, 0.4) is 0 Å². The first-order chi connectivity index (χ1) is 10.1. The molecule has 2 rings (SSSR count). The minimum Gasteiger partial charge on any atom is -0.383 e. The quantitative estimate of drug-likeness (QED) is 0.892. The third kappa shape index (κ3) is 4.58. The van der Waals surface area contributed by atoms with Gasteiger partial charge in [0.1, 0.15) is 5.82 Å². The smallest absolute Gasteiger partial charge is 0.250 e. The normalized spacial score (nSPS) is 10.6. The van der Waals surface area contributed by atoms with E-state index in [4.69, 9.17) is 16.3 Å². The number of methoxy groups -OCH3 is 1. The first kappa shape index (κ1) is 15.5. The molecule has 0 spiro atoms. The Kier molecular flexibility index (Phi) is 5.36. The van der Waals surface area contributed by atoms with E-state index in [2.05, 4.69) is 5.32 Å². The highest BCUT2D eigenvalue weighted by molar-refractivity contribution is 6.30. The minimum atomic E-state index is -0.371. The van der Waals surface area contributed by atoms with Crippen LogP contribution in [0.5, 0.6) is 0 Å². The first-order valence-corrected chi connectivity index (χ1v) is 6.84. The summed E-state index contributed by atoms with van der Waals surface area (Å²) in [5.41, 5.74) is 1.41. The summed E-state index contributed by atoms with van der Waals surface area (Å²) in [6.45, 7) is 1.36. The van der Waals surface area contributed by atoms with E-state index in [1.165, 1.54) is 18.2 Å². The molecule has 0 amide bonds. The maximum absolute atomic E-state index is 13.2. The average molecular weight is 311 g/mol. The van der Waals surface area contributed by atoms with Crippen molar-refractivity contribution < 1.29 is 9.13 Å². The molecule has 0 unspecified atom stereocenters. The van der Waals surface area contributed by atoms with Gasteiger partial charge in [0.15, 0.2) is 0 Å². The van der Waals surface area contributed by atoms with Gasteiger partial charge in [0.25, 0.3) is 5.56 Å². The molecule has 112 valence electrons. The van der Waals surface area contributed by atoms with Crippen molar-refractivity contribution in [3.63, 3.8) is 0 Å². The van der Waals surface area contributed by atoms with Crippen LogP contribution < -0.4 is 10.9 Å². The first-order valence-electron chi connectivity index (χ1n) is 6.47. The zero-order valence-corrected chi connectivity index (χ0v) is 12.4. The molecule has 0 saturated carbocycles. The van der Waals surface area contributed by atoms with Gasteiger partial charge in [-0.3, -0.25) is 4.79 Å². The van der Waals surface area contributed by atoms with E-state index in [1.54, 1.807) is 30.0 Å². The number of rotatable bonds is 6. The molecule has 2 aromatic rings. The number of ether oxygens (including phenoxy) is 1. The van der Waals surface area contributed by atoms with Crippen molar-refractivity contribution in [2.45, 2.75) is 13.1 Å². The van der Waals surface area contributed by atoms with Gasteiger partial charge in [-0.15, -0.1) is 0 Å². The average Bonchev–Trinajstić information content (AvgIpc) is 2.44. The Morgan fingerprint density at radius 2 is 2.14 bits per heavy atom. The fourth-order valence-corrected chi connectivity index (χ4v) is 2.16. The minimum absolute atomic E-state index is 0.0913. The fourth-order valence-electron chi connectivity index (χ4n) is 1.92. The Bertz CT molecular complexity index is 653. The molecule has 1 aromatic carbocycles. The highest BCUT2D eigenvalue weighted by Crippen LogP contribution is 2.15. The van der Waals surface area contributed by atoms with Crippen molar-refractivity contribution in [2.75, 3.05) is 19.0 Å². The van der Waals surface area contributed by atoms with Crippen LogP contribution in [0.25, 0.3) is 0 Å². The molecule has 1 N–H and O–H groups in total. The summed E-state index contributed by atoms with van der Waals surface area (Å²) in [4.78, 5) is 11.7. The van der Waals surface area contributed by atoms with Crippen LogP contribution in [0.4, 0.5) is 10.1 Å². The van der Waals surface area contributed by atoms with Gasteiger partial charge in [-0.2, -0.15) is 0 Å². The molecule has 4 nitrogen and oxygen atoms in total. The number of nitrogens with one attached hydrogen (secondary N) is 1. The molecule has 6 heteroatoms. The maximum atomic E-state index is 13.2. The van der Waals surface area contributed by atoms with E-state index < -0.39 is 0 Å². The standard InChI is InChI=1S/C15H16ClFN2O2/c1-21-5-4-19-10-14(2-3-15(19)20)18-9-11-6-12(16)8-13(17)7-11/h2-3,6-8,10,18H,4-5,9H2,1H3. The van der Waals surface area contributed by atoms with Crippen molar-refractivity contribution in [1.82, 2.24) is 4.57 Å². The van der Waals surface area contributed by atoms with Gasteiger partial charge in [-0.05, 0) is 29.8 Å². The summed E-state index contributed by atoms with van der Waals surface area (Å²) >= 11 is 5.81. The largest absolute Gasteiger partial charge is 0.383 e. The Hall–Kier alpha value is -1.85. The van der Waals surface area contributed by atoms with Crippen molar-refractivity contribution in [2.24, 2.45) is 0 Å². The van der Waals surface area contributed by atoms with E-state index in [-0.39, 0.29) is 11.4 Å². The van der Waals surface area contributed by atoms with Crippen molar-refractivity contribution in [1.29, 1.82) is 0 Å². The van der Waals surface area contributed by atoms with Gasteiger partial charge < -0.3 is 14.6 Å². The predicted molar refractivity (Wildman–Crippen MR) is 81.3 cm³/mol. The van der Waals surface area contributed by atoms with Crippen LogP contribution in [0.1, 0.15) is 5.56 Å². The van der Waals surface area contributed by atoms with Gasteiger partial charge in [0.05, 0.1) is 12.3 Å². The molecular weight excluding hydrogens is 295 g/mol. The molecular formula is C15H16ClFN2O2. The predicted octanol–water partition coefficient (Wildman–Crippen LogP) is 2.90. The summed E-state index contributed by atoms with van der Waals surface area (Å²) < 4.78 is 19.8. The Morgan fingerprint density at radius 3 is 2.86 bits per heavy atom. The van der Waals surface area contributed by atoms with Crippen molar-refractivity contribution in [3.8, 4) is 0 Å². The van der Waals surface area contributed by atoms with Gasteiger partial charge in [-0.25, -0.2) is 4.39 Å². The summed E-state index contributed by atoms with van der Waals surface area (Å²) in [5, 5.41) is 3.49. The number of hydrogen-bond acceptors (Lipinski definition) is 3. The zero-order valence-electron chi connectivity index (χ0n) is 11.6. The number of benzene rings is 1. The molecule has 1 heterocycles. The van der Waals surface area contributed by atoms with Crippen molar-refractivity contribution in [3.05, 3.63) is 63.3 Å². The number of anilines is 1. The second-order valence-electron chi connectivity index (χ2n) is 4.57. The highest BCUT2D eigenvalue weighted by atomic mass is 35.5. The summed E-state index contributed by atoms with van der Waals surface area (Å²) in [6.07, 6.45) is 1.71. The van der Waals surface area contributed by atoms with Crippen LogP contribution in [-0.4, -0.2) is 18.3 Å². The molecule has 1 aromatic heterocycles. The Morgan fingerprint density at radius 1 is 1.33 bits per heavy atom. The van der Waals surface area contributed by atoms with E-state index in [9.17, 15) is 9.18 Å². The SMILES string of the molecule is COCCn1cc(NCc2cc(F)cc(Cl)c2)ccc1=O. The zero-order chi connectivity index (χ0) is 15.2. The number of hydrogen-bond donors (Lipinski definition) is 1. The second-order valence-corrected chi connectivity index (χ2v) is 5.01. The topological polar surface area (TPSA) is 43.3 Å². The molecule has 21 heavy (non-hydrogen) atoms. The molecule has 0 aliphatic heterocycles. The maximum Gasteiger partial charge on any atom is 0.250 e. The van der Waals surface area contributed by atoms with Gasteiger partial charge in [-0.1, -0.05) is 11.6 Å². The summed E-state index contributed by atoms with van der Waals surface area (Å²) in [7, 11) is 1.58. The third-order valence-electron chi connectivity index (χ3n) is 2.94. The molecule has 0 aliphatic carbocycles. The second kappa shape index (κ2) is 7.24. The number of halogens is 2. The lowest BCUT2D eigenvalue weighted by atomic mass is 10.2. The number of nitrogens with zero attached hydrogens (tertiary/aromatic N) is 1. The lowest BCUT2D eigenvalue weighted by Crippen LogP contribution is -2.21. The van der Waals surface area contributed by atoms with Gasteiger partial charge >= 0.3 is 0 Å². The third-order valence-corrected chi connectivity index (χ3v) is 3.16. The van der Waals surface area contributed by atoms with Crippen LogP contribution in [0.15, 0.2) is 41.3 Å². The fraction of sp³-hybridized carbons (Fsp3) is 0.267. The molecule has 0 fully saturated rings. The molecule has 0 saturated heterocycles. The van der Waals surface area contributed by atoms with Crippen LogP contribution >= 0.6 is 11.6 Å². The Balaban J connectivity index is 2.07. The number of aromatic nitrogens is 1. The molecule has 0 radical (unpaired) electrons. The molecule has 0 bridgehead atoms. The Labute approximate surface area is 127 Å². The summed E-state index contributed by atoms with van der Waals surface area (Å²) in [5.74, 6) is -0.371. The lowest BCUT2D eigenvalue weighted by molar-refractivity contribution is 0.186. The van der Waals surface area contributed by atoms with E-state index >= 15 is 0 Å². The highest BCUT2D eigenvalue weighted by Gasteiger charge is 2.02. The van der Waals surface area contributed by atoms with E-state index in [1.807, 2.05) is 0 Å². The van der Waals surface area contributed by atoms with Gasteiger partial charge in [0, 0.05) is 37.5 Å². The van der Waals surface area contributed by atoms with E-state index in [0.717, 1.165) is 11.3 Å². The molecule has 0 aliphatic rings. The summed E-state index contributed by atoms with van der Waals surface area (Å²) in [6, 6.07) is 7.54. The van der Waals surface area contributed by atoms with Crippen LogP contribution in [0, 0.1) is 5.82 Å². The van der Waals surface area contributed by atoms with E-state index in [0.29, 0.717) is 24.7 Å². The number of pyridine rings is 1. The van der Waals surface area contributed by atoms with Gasteiger partial charge in [0.2, 0.25) is 0 Å². The monoisotopic (exact) mass is 310 g/mol. The molecule has 0 atom stereocenters. The van der Waals surface area contributed by atoms with Crippen LogP contribution in [-0.2, 0) is 17.8 Å². The van der Waals surface area contributed by atoms with Crippen LogP contribution in [0.2, 0.25) is 5.02 Å².